The lowest BCUT2D eigenvalue weighted by Crippen LogP contribution is -2.07. The smallest absolute Gasteiger partial charge is 0.420 e. The zero-order valence-electron chi connectivity index (χ0n) is 9.84. The van der Waals surface area contributed by atoms with Gasteiger partial charge in [-0.3, -0.25) is 0 Å². The highest BCUT2D eigenvalue weighted by molar-refractivity contribution is 9.10. The Morgan fingerprint density at radius 2 is 1.80 bits per heavy atom. The lowest BCUT2D eigenvalue weighted by Gasteiger charge is -2.14. The SMILES string of the molecule is Nc1ccc(Oc2ccc(Br)cc2C(F)(F)F)cc1Cl. The van der Waals surface area contributed by atoms with Crippen molar-refractivity contribution in [3.63, 3.8) is 0 Å². The number of halogens is 5. The molecule has 0 unspecified atom stereocenters. The Bertz CT molecular complexity index is 646. The van der Waals surface area contributed by atoms with E-state index in [4.69, 9.17) is 22.1 Å². The molecule has 2 aromatic carbocycles. The highest BCUT2D eigenvalue weighted by atomic mass is 79.9. The summed E-state index contributed by atoms with van der Waals surface area (Å²) in [4.78, 5) is 0. The topological polar surface area (TPSA) is 35.2 Å². The molecule has 2 rings (SSSR count). The number of alkyl halides is 3. The quantitative estimate of drug-likeness (QED) is 0.713. The molecule has 0 heterocycles. The van der Waals surface area contributed by atoms with E-state index in [2.05, 4.69) is 15.9 Å². The lowest BCUT2D eigenvalue weighted by atomic mass is 10.2. The van der Waals surface area contributed by atoms with Crippen LogP contribution in [0.1, 0.15) is 5.56 Å². The molecule has 0 radical (unpaired) electrons. The molecule has 0 aliphatic carbocycles. The van der Waals surface area contributed by atoms with Crippen LogP contribution in [0.25, 0.3) is 0 Å². The second kappa shape index (κ2) is 5.54. The molecule has 0 spiro atoms. The van der Waals surface area contributed by atoms with Crippen molar-refractivity contribution >= 4 is 33.2 Å². The van der Waals surface area contributed by atoms with Crippen molar-refractivity contribution in [2.45, 2.75) is 6.18 Å². The van der Waals surface area contributed by atoms with Crippen LogP contribution in [0.2, 0.25) is 5.02 Å². The molecule has 106 valence electrons. The van der Waals surface area contributed by atoms with E-state index in [0.717, 1.165) is 6.07 Å². The first kappa shape index (κ1) is 15.0. The van der Waals surface area contributed by atoms with Gasteiger partial charge in [0.25, 0.3) is 0 Å². The van der Waals surface area contributed by atoms with E-state index in [1.165, 1.54) is 30.3 Å². The minimum absolute atomic E-state index is 0.178. The molecule has 0 saturated carbocycles. The monoisotopic (exact) mass is 365 g/mol. The minimum atomic E-state index is -4.52. The maximum atomic E-state index is 12.9. The third-order valence-corrected chi connectivity index (χ3v) is 3.27. The van der Waals surface area contributed by atoms with Gasteiger partial charge in [-0.15, -0.1) is 0 Å². The Kier molecular flexibility index (Phi) is 4.15. The van der Waals surface area contributed by atoms with E-state index in [9.17, 15) is 13.2 Å². The summed E-state index contributed by atoms with van der Waals surface area (Å²) in [6.07, 6.45) is -4.52. The van der Waals surface area contributed by atoms with Gasteiger partial charge < -0.3 is 10.5 Å². The van der Waals surface area contributed by atoms with Crippen molar-refractivity contribution in [1.82, 2.24) is 0 Å². The molecule has 0 saturated heterocycles. The van der Waals surface area contributed by atoms with Crippen molar-refractivity contribution in [1.29, 1.82) is 0 Å². The van der Waals surface area contributed by atoms with Gasteiger partial charge in [0.2, 0.25) is 0 Å². The van der Waals surface area contributed by atoms with Gasteiger partial charge in [-0.25, -0.2) is 0 Å². The van der Waals surface area contributed by atoms with Crippen LogP contribution in [0, 0.1) is 0 Å². The van der Waals surface area contributed by atoms with Gasteiger partial charge in [-0.2, -0.15) is 13.2 Å². The summed E-state index contributed by atoms with van der Waals surface area (Å²) in [5.41, 5.74) is 4.98. The Morgan fingerprint density at radius 3 is 2.40 bits per heavy atom. The van der Waals surface area contributed by atoms with E-state index >= 15 is 0 Å². The Hall–Kier alpha value is -1.40. The van der Waals surface area contributed by atoms with Gasteiger partial charge in [-0.1, -0.05) is 27.5 Å². The van der Waals surface area contributed by atoms with E-state index in [0.29, 0.717) is 10.2 Å². The number of anilines is 1. The summed E-state index contributed by atoms with van der Waals surface area (Å²) in [6, 6.07) is 7.92. The number of nitrogens with two attached hydrogens (primary N) is 1. The highest BCUT2D eigenvalue weighted by Gasteiger charge is 2.34. The molecule has 2 nitrogen and oxygen atoms in total. The largest absolute Gasteiger partial charge is 0.457 e. The molecule has 0 fully saturated rings. The molecule has 0 aliphatic rings. The fourth-order valence-electron chi connectivity index (χ4n) is 1.51. The standard InChI is InChI=1S/C13H8BrClF3NO/c14-7-1-4-12(9(5-7)13(16,17)18)20-8-2-3-11(19)10(15)6-8/h1-6H,19H2. The maximum Gasteiger partial charge on any atom is 0.420 e. The molecule has 0 aromatic heterocycles. The van der Waals surface area contributed by atoms with Gasteiger partial charge in [0.15, 0.2) is 0 Å². The molecule has 0 aliphatic heterocycles. The summed E-state index contributed by atoms with van der Waals surface area (Å²) < 4.78 is 44.3. The average molecular weight is 367 g/mol. The van der Waals surface area contributed by atoms with Crippen molar-refractivity contribution < 1.29 is 17.9 Å². The third kappa shape index (κ3) is 3.37. The summed E-state index contributed by atoms with van der Waals surface area (Å²) in [6.45, 7) is 0. The summed E-state index contributed by atoms with van der Waals surface area (Å²) in [5.74, 6) is -0.126. The zero-order valence-corrected chi connectivity index (χ0v) is 12.2. The van der Waals surface area contributed by atoms with Crippen LogP contribution in [-0.2, 0) is 6.18 Å². The fraction of sp³-hybridized carbons (Fsp3) is 0.0769. The number of hydrogen-bond acceptors (Lipinski definition) is 2. The molecule has 0 amide bonds. The molecule has 7 heteroatoms. The Labute approximate surface area is 126 Å². The predicted molar refractivity (Wildman–Crippen MR) is 75.1 cm³/mol. The molecule has 0 bridgehead atoms. The lowest BCUT2D eigenvalue weighted by molar-refractivity contribution is -0.138. The summed E-state index contributed by atoms with van der Waals surface area (Å²) >= 11 is 8.80. The van der Waals surface area contributed by atoms with Crippen molar-refractivity contribution in [2.75, 3.05) is 5.73 Å². The van der Waals surface area contributed by atoms with E-state index in [1.54, 1.807) is 0 Å². The highest BCUT2D eigenvalue weighted by Crippen LogP contribution is 2.40. The third-order valence-electron chi connectivity index (χ3n) is 2.45. The number of nitrogen functional groups attached to an aromatic ring is 1. The number of rotatable bonds is 2. The predicted octanol–water partition coefficient (Wildman–Crippen LogP) is 5.50. The van der Waals surface area contributed by atoms with Crippen molar-refractivity contribution in [3.8, 4) is 11.5 Å². The van der Waals surface area contributed by atoms with Crippen molar-refractivity contribution in [2.24, 2.45) is 0 Å². The summed E-state index contributed by atoms with van der Waals surface area (Å²) in [7, 11) is 0. The average Bonchev–Trinajstić information content (AvgIpc) is 2.35. The van der Waals surface area contributed by atoms with Crippen LogP contribution in [0.4, 0.5) is 18.9 Å². The van der Waals surface area contributed by atoms with Crippen LogP contribution in [0.5, 0.6) is 11.5 Å². The Balaban J connectivity index is 2.40. The van der Waals surface area contributed by atoms with Crippen LogP contribution in [0.3, 0.4) is 0 Å². The first-order chi connectivity index (χ1) is 9.27. The van der Waals surface area contributed by atoms with E-state index in [-0.39, 0.29) is 16.5 Å². The van der Waals surface area contributed by atoms with Crippen molar-refractivity contribution in [3.05, 3.63) is 51.5 Å². The molecule has 2 N–H and O–H groups in total. The fourth-order valence-corrected chi connectivity index (χ4v) is 2.04. The maximum absolute atomic E-state index is 12.9. The molecule has 0 atom stereocenters. The van der Waals surface area contributed by atoms with Crippen LogP contribution >= 0.6 is 27.5 Å². The van der Waals surface area contributed by atoms with E-state index in [1.807, 2.05) is 0 Å². The molecular formula is C13H8BrClF3NO. The summed E-state index contributed by atoms with van der Waals surface area (Å²) in [5, 5.41) is 0.216. The van der Waals surface area contributed by atoms with Gasteiger partial charge in [0, 0.05) is 10.5 Å². The van der Waals surface area contributed by atoms with Gasteiger partial charge in [-0.05, 0) is 30.3 Å². The second-order valence-electron chi connectivity index (χ2n) is 3.92. The first-order valence-corrected chi connectivity index (χ1v) is 6.54. The van der Waals surface area contributed by atoms with E-state index < -0.39 is 11.7 Å². The Morgan fingerprint density at radius 1 is 1.10 bits per heavy atom. The normalized spacial score (nSPS) is 11.4. The van der Waals surface area contributed by atoms with Crippen LogP contribution in [0.15, 0.2) is 40.9 Å². The molecule has 2 aromatic rings. The van der Waals surface area contributed by atoms with Crippen LogP contribution in [-0.4, -0.2) is 0 Å². The number of ether oxygens (including phenoxy) is 1. The minimum Gasteiger partial charge on any atom is -0.457 e. The van der Waals surface area contributed by atoms with Gasteiger partial charge in [0.1, 0.15) is 11.5 Å². The van der Waals surface area contributed by atoms with Crippen LogP contribution < -0.4 is 10.5 Å². The first-order valence-electron chi connectivity index (χ1n) is 5.37. The van der Waals surface area contributed by atoms with Gasteiger partial charge in [0.05, 0.1) is 16.3 Å². The number of benzene rings is 2. The number of hydrogen-bond donors (Lipinski definition) is 1. The van der Waals surface area contributed by atoms with Gasteiger partial charge >= 0.3 is 6.18 Å². The second-order valence-corrected chi connectivity index (χ2v) is 5.25. The molecular weight excluding hydrogens is 358 g/mol. The molecule has 20 heavy (non-hydrogen) atoms. The zero-order chi connectivity index (χ0) is 14.9.